The number of nitrogens with one attached hydrogen (secondary N) is 2. The number of amides is 1. The number of Topliss-reactive ketones (excluding diaryl/α,β-unsaturated/α-hetero) is 1. The minimum absolute atomic E-state index is 0.0502. The molecule has 4 N–H and O–H groups in total. The van der Waals surface area contributed by atoms with Gasteiger partial charge in [0.15, 0.2) is 11.6 Å². The first-order chi connectivity index (χ1) is 15.3. The maximum atomic E-state index is 11.8. The number of rotatable bonds is 10. The van der Waals surface area contributed by atoms with Gasteiger partial charge in [-0.2, -0.15) is 0 Å². The lowest BCUT2D eigenvalue weighted by Gasteiger charge is -2.03. The zero-order chi connectivity index (χ0) is 24.5. The van der Waals surface area contributed by atoms with Crippen LogP contribution in [0.25, 0.3) is 5.69 Å². The van der Waals surface area contributed by atoms with Gasteiger partial charge >= 0.3 is 0 Å². The van der Waals surface area contributed by atoms with E-state index >= 15 is 0 Å². The molecule has 32 heavy (non-hydrogen) atoms. The van der Waals surface area contributed by atoms with Crippen LogP contribution in [0.1, 0.15) is 45.0 Å². The maximum Gasteiger partial charge on any atom is 0.246 e. The lowest BCUT2D eigenvalue weighted by Crippen LogP contribution is -2.27. The third kappa shape index (κ3) is 10.7. The molecule has 8 nitrogen and oxygen atoms in total. The molecule has 0 aliphatic heterocycles. The lowest BCUT2D eigenvalue weighted by molar-refractivity contribution is -0.117. The Bertz CT molecular complexity index is 860. The number of anilines is 1. The summed E-state index contributed by atoms with van der Waals surface area (Å²) in [6.45, 7) is 18.4. The largest absolute Gasteiger partial charge is 0.380 e. The van der Waals surface area contributed by atoms with E-state index in [-0.39, 0.29) is 18.2 Å². The molecule has 0 spiro atoms. The molecular formula is C24H37N5O3. The number of nitrogens with two attached hydrogens (primary N) is 1. The van der Waals surface area contributed by atoms with Crippen molar-refractivity contribution in [3.63, 3.8) is 0 Å². The number of ketones is 1. The zero-order valence-electron chi connectivity index (χ0n) is 19.9. The van der Waals surface area contributed by atoms with E-state index in [1.54, 1.807) is 24.7 Å². The molecule has 1 aromatic heterocycles. The Balaban J connectivity index is 0.000000635. The van der Waals surface area contributed by atoms with Gasteiger partial charge in [0.25, 0.3) is 0 Å². The summed E-state index contributed by atoms with van der Waals surface area (Å²) >= 11 is 0. The van der Waals surface area contributed by atoms with E-state index in [4.69, 9.17) is 10.5 Å². The van der Waals surface area contributed by atoms with Crippen LogP contribution in [0, 0.1) is 0 Å². The predicted octanol–water partition coefficient (Wildman–Crippen LogP) is 3.70. The SMILES string of the molecule is C=C(C)C(=O)NCCOCC.C=C(C)Nc1nn(-c2ccccc2)cc1C(=O)CN.CC. The summed E-state index contributed by atoms with van der Waals surface area (Å²) in [5.74, 6) is 0.211. The number of carbonyl (C=O) groups excluding carboxylic acids is 2. The molecule has 0 radical (unpaired) electrons. The number of nitrogens with zero attached hydrogens (tertiary/aromatic N) is 2. The molecule has 1 heterocycles. The molecule has 1 amide bonds. The standard InChI is InChI=1S/C14H16N4O.C8H15NO2.C2H6/c1-10(2)16-14-12(13(19)8-15)9-18(17-14)11-6-4-3-5-7-11;1-4-11-6-5-9-8(10)7(2)3;1-2/h3-7,9H,1,8,15H2,2H3,(H,16,17);2,4-6H2,1,3H3,(H,9,10);1-2H3. The fourth-order valence-corrected chi connectivity index (χ4v) is 2.23. The number of para-hydroxylation sites is 1. The van der Waals surface area contributed by atoms with E-state index in [1.165, 1.54) is 0 Å². The molecule has 0 bridgehead atoms. The Hall–Kier alpha value is -3.23. The number of carbonyl (C=O) groups is 2. The second kappa shape index (κ2) is 16.5. The van der Waals surface area contributed by atoms with E-state index in [9.17, 15) is 9.59 Å². The molecule has 176 valence electrons. The molecule has 0 unspecified atom stereocenters. The highest BCUT2D eigenvalue weighted by Crippen LogP contribution is 2.18. The summed E-state index contributed by atoms with van der Waals surface area (Å²) < 4.78 is 6.67. The Labute approximate surface area is 191 Å². The van der Waals surface area contributed by atoms with Crippen LogP contribution in [0.3, 0.4) is 0 Å². The van der Waals surface area contributed by atoms with Crippen LogP contribution in [-0.2, 0) is 9.53 Å². The van der Waals surface area contributed by atoms with Crippen molar-refractivity contribution in [2.45, 2.75) is 34.6 Å². The lowest BCUT2D eigenvalue weighted by atomic mass is 10.2. The highest BCUT2D eigenvalue weighted by atomic mass is 16.5. The fourth-order valence-electron chi connectivity index (χ4n) is 2.23. The Morgan fingerprint density at radius 2 is 1.78 bits per heavy atom. The fraction of sp³-hybridized carbons (Fsp3) is 0.375. The first-order valence-corrected chi connectivity index (χ1v) is 10.6. The van der Waals surface area contributed by atoms with Crippen LogP contribution in [0.2, 0.25) is 0 Å². The second-order valence-corrected chi connectivity index (χ2v) is 6.44. The van der Waals surface area contributed by atoms with Gasteiger partial charge in [0.2, 0.25) is 5.91 Å². The van der Waals surface area contributed by atoms with Crippen LogP contribution < -0.4 is 16.4 Å². The molecule has 2 aromatic rings. The number of allylic oxidation sites excluding steroid dienone is 1. The molecule has 0 atom stereocenters. The van der Waals surface area contributed by atoms with Crippen LogP contribution >= 0.6 is 0 Å². The number of ether oxygens (including phenoxy) is 1. The minimum atomic E-state index is -0.161. The van der Waals surface area contributed by atoms with Crippen molar-refractivity contribution in [2.24, 2.45) is 5.73 Å². The van der Waals surface area contributed by atoms with Crippen molar-refractivity contribution < 1.29 is 14.3 Å². The van der Waals surface area contributed by atoms with Crippen molar-refractivity contribution in [1.82, 2.24) is 15.1 Å². The van der Waals surface area contributed by atoms with Crippen molar-refractivity contribution >= 4 is 17.5 Å². The monoisotopic (exact) mass is 443 g/mol. The summed E-state index contributed by atoms with van der Waals surface area (Å²) in [6, 6.07) is 9.56. The van der Waals surface area contributed by atoms with E-state index in [1.807, 2.05) is 51.1 Å². The zero-order valence-corrected chi connectivity index (χ0v) is 19.9. The topological polar surface area (TPSA) is 111 Å². The highest BCUT2D eigenvalue weighted by Gasteiger charge is 2.15. The second-order valence-electron chi connectivity index (χ2n) is 6.44. The predicted molar refractivity (Wildman–Crippen MR) is 131 cm³/mol. The minimum Gasteiger partial charge on any atom is -0.380 e. The summed E-state index contributed by atoms with van der Waals surface area (Å²) in [5.41, 5.74) is 8.00. The van der Waals surface area contributed by atoms with Crippen LogP contribution in [0.5, 0.6) is 0 Å². The van der Waals surface area contributed by atoms with Gasteiger partial charge < -0.3 is 21.1 Å². The summed E-state index contributed by atoms with van der Waals surface area (Å²) in [7, 11) is 0. The van der Waals surface area contributed by atoms with Gasteiger partial charge in [0, 0.05) is 30.6 Å². The summed E-state index contributed by atoms with van der Waals surface area (Å²) in [6.07, 6.45) is 1.68. The molecule has 1 aromatic carbocycles. The number of benzene rings is 1. The van der Waals surface area contributed by atoms with Gasteiger partial charge in [-0.05, 0) is 32.9 Å². The highest BCUT2D eigenvalue weighted by molar-refractivity contribution is 6.01. The summed E-state index contributed by atoms with van der Waals surface area (Å²) in [5, 5.41) is 9.99. The van der Waals surface area contributed by atoms with Gasteiger partial charge in [0.1, 0.15) is 0 Å². The Kier molecular flexibility index (Phi) is 14.8. The number of hydrogen-bond donors (Lipinski definition) is 3. The van der Waals surface area contributed by atoms with Crippen LogP contribution in [-0.4, -0.2) is 47.8 Å². The van der Waals surface area contributed by atoms with Gasteiger partial charge in [0.05, 0.1) is 24.4 Å². The molecule has 2 rings (SSSR count). The average Bonchev–Trinajstić information content (AvgIpc) is 3.21. The normalized spacial score (nSPS) is 9.44. The Morgan fingerprint density at radius 3 is 2.28 bits per heavy atom. The molecule has 0 aliphatic rings. The average molecular weight is 444 g/mol. The van der Waals surface area contributed by atoms with Crippen LogP contribution in [0.4, 0.5) is 5.82 Å². The van der Waals surface area contributed by atoms with E-state index in [0.717, 1.165) is 5.69 Å². The molecule has 0 saturated carbocycles. The third-order valence-electron chi connectivity index (χ3n) is 3.68. The van der Waals surface area contributed by atoms with Crippen molar-refractivity contribution in [2.75, 3.05) is 31.6 Å². The van der Waals surface area contributed by atoms with E-state index < -0.39 is 0 Å². The number of hydrogen-bond acceptors (Lipinski definition) is 6. The van der Waals surface area contributed by atoms with E-state index in [2.05, 4.69) is 28.9 Å². The van der Waals surface area contributed by atoms with Gasteiger partial charge in [-0.25, -0.2) is 4.68 Å². The summed E-state index contributed by atoms with van der Waals surface area (Å²) in [4.78, 5) is 22.7. The van der Waals surface area contributed by atoms with Gasteiger partial charge in [-0.15, -0.1) is 5.10 Å². The van der Waals surface area contributed by atoms with Gasteiger partial charge in [-0.1, -0.05) is 45.2 Å². The van der Waals surface area contributed by atoms with Crippen LogP contribution in [0.15, 0.2) is 61.0 Å². The first kappa shape index (κ1) is 28.8. The smallest absolute Gasteiger partial charge is 0.246 e. The van der Waals surface area contributed by atoms with Crippen molar-refractivity contribution in [3.8, 4) is 5.69 Å². The Morgan fingerprint density at radius 1 is 1.16 bits per heavy atom. The maximum absolute atomic E-state index is 11.8. The molecule has 8 heteroatoms. The van der Waals surface area contributed by atoms with Crippen molar-refractivity contribution in [1.29, 1.82) is 0 Å². The quantitative estimate of drug-likeness (QED) is 0.293. The first-order valence-electron chi connectivity index (χ1n) is 10.6. The van der Waals surface area contributed by atoms with Gasteiger partial charge in [-0.3, -0.25) is 9.59 Å². The molecule has 0 saturated heterocycles. The number of aromatic nitrogens is 2. The molecule has 0 aliphatic carbocycles. The van der Waals surface area contributed by atoms with E-state index in [0.29, 0.717) is 42.4 Å². The molecule has 0 fully saturated rings. The van der Waals surface area contributed by atoms with Crippen molar-refractivity contribution in [3.05, 3.63) is 66.5 Å². The molecular weight excluding hydrogens is 406 g/mol. The third-order valence-corrected chi connectivity index (χ3v) is 3.68.